The van der Waals surface area contributed by atoms with E-state index < -0.39 is 0 Å². The second-order valence-corrected chi connectivity index (χ2v) is 6.72. The molecule has 1 saturated heterocycles. The lowest BCUT2D eigenvalue weighted by Crippen LogP contribution is -2.42. The minimum Gasteiger partial charge on any atom is -0.496 e. The Hall–Kier alpha value is -3.02. The summed E-state index contributed by atoms with van der Waals surface area (Å²) in [4.78, 5) is 27.7. The highest BCUT2D eigenvalue weighted by molar-refractivity contribution is 6.01. The van der Waals surface area contributed by atoms with Crippen LogP contribution in [-0.2, 0) is 0 Å². The number of nitrogens with zero attached hydrogens (tertiary/aromatic N) is 1. The Morgan fingerprint density at radius 3 is 2.36 bits per heavy atom. The fourth-order valence-corrected chi connectivity index (χ4v) is 3.60. The summed E-state index contributed by atoms with van der Waals surface area (Å²) in [5.41, 5.74) is 1.08. The summed E-state index contributed by atoms with van der Waals surface area (Å²) in [6, 6.07) is 12.3. The molecule has 0 unspecified atom stereocenters. The number of carbonyl (C=O) groups excluding carboxylic acids is 2. The van der Waals surface area contributed by atoms with Crippen LogP contribution in [0.1, 0.15) is 33.6 Å². The zero-order valence-electron chi connectivity index (χ0n) is 16.4. The van der Waals surface area contributed by atoms with Gasteiger partial charge in [0.15, 0.2) is 17.3 Å². The number of rotatable bonds is 6. The summed E-state index contributed by atoms with van der Waals surface area (Å²) < 4.78 is 15.8. The Kier molecular flexibility index (Phi) is 6.19. The molecule has 2 aromatic carbocycles. The predicted octanol–water partition coefficient (Wildman–Crippen LogP) is 3.45. The van der Waals surface area contributed by atoms with Crippen LogP contribution in [0.2, 0.25) is 0 Å². The summed E-state index contributed by atoms with van der Waals surface area (Å²) >= 11 is 0. The van der Waals surface area contributed by atoms with Gasteiger partial charge in [0.2, 0.25) is 0 Å². The number of ketones is 1. The third-order valence-corrected chi connectivity index (χ3v) is 5.08. The largest absolute Gasteiger partial charge is 0.496 e. The summed E-state index contributed by atoms with van der Waals surface area (Å²) in [6.07, 6.45) is 1.54. The molecule has 0 N–H and O–H groups in total. The van der Waals surface area contributed by atoms with Crippen LogP contribution in [-0.4, -0.2) is 51.0 Å². The number of para-hydroxylation sites is 1. The third-order valence-electron chi connectivity index (χ3n) is 5.08. The molecule has 6 heteroatoms. The number of carbonyl (C=O) groups is 2. The van der Waals surface area contributed by atoms with Gasteiger partial charge in [-0.2, -0.15) is 0 Å². The van der Waals surface area contributed by atoms with Crippen molar-refractivity contribution in [3.63, 3.8) is 0 Å². The topological polar surface area (TPSA) is 65.1 Å². The molecule has 148 valence electrons. The quantitative estimate of drug-likeness (QED) is 0.715. The average molecular weight is 383 g/mol. The number of methoxy groups -OCH3 is 3. The molecule has 3 rings (SSSR count). The number of Topliss-reactive ketones (excluding diaryl/α,β-unsaturated/α-hetero) is 1. The molecule has 0 saturated carbocycles. The summed E-state index contributed by atoms with van der Waals surface area (Å²) in [5, 5.41) is 0. The number of benzene rings is 2. The van der Waals surface area contributed by atoms with E-state index in [0.717, 1.165) is 12.8 Å². The van der Waals surface area contributed by atoms with Gasteiger partial charge in [0.1, 0.15) is 5.75 Å². The molecule has 1 aliphatic heterocycles. The van der Waals surface area contributed by atoms with Crippen LogP contribution in [0, 0.1) is 5.92 Å². The first-order valence-electron chi connectivity index (χ1n) is 9.27. The Balaban J connectivity index is 1.77. The molecule has 1 atom stereocenters. The molecule has 1 aliphatic rings. The molecule has 0 bridgehead atoms. The van der Waals surface area contributed by atoms with E-state index >= 15 is 0 Å². The molecular weight excluding hydrogens is 358 g/mol. The number of likely N-dealkylation sites (tertiary alicyclic amines) is 1. The minimum absolute atomic E-state index is 0.0160. The van der Waals surface area contributed by atoms with Crippen molar-refractivity contribution in [2.24, 2.45) is 5.92 Å². The fraction of sp³-hybridized carbons (Fsp3) is 0.364. The Morgan fingerprint density at radius 1 is 0.929 bits per heavy atom. The van der Waals surface area contributed by atoms with E-state index in [-0.39, 0.29) is 17.6 Å². The highest BCUT2D eigenvalue weighted by Crippen LogP contribution is 2.30. The van der Waals surface area contributed by atoms with Crippen LogP contribution in [0.5, 0.6) is 17.2 Å². The van der Waals surface area contributed by atoms with Crippen molar-refractivity contribution in [2.45, 2.75) is 12.8 Å². The Morgan fingerprint density at radius 2 is 1.64 bits per heavy atom. The maximum atomic E-state index is 13.0. The lowest BCUT2D eigenvalue weighted by atomic mass is 9.89. The number of piperidine rings is 1. The van der Waals surface area contributed by atoms with Crippen LogP contribution < -0.4 is 14.2 Å². The van der Waals surface area contributed by atoms with Gasteiger partial charge in [-0.05, 0) is 43.2 Å². The molecule has 0 radical (unpaired) electrons. The highest BCUT2D eigenvalue weighted by Gasteiger charge is 2.31. The number of amides is 1. The van der Waals surface area contributed by atoms with Gasteiger partial charge in [0.25, 0.3) is 5.91 Å². The lowest BCUT2D eigenvalue weighted by Gasteiger charge is -2.32. The predicted molar refractivity (Wildman–Crippen MR) is 105 cm³/mol. The third kappa shape index (κ3) is 3.96. The molecule has 1 amide bonds. The van der Waals surface area contributed by atoms with Crippen molar-refractivity contribution < 1.29 is 23.8 Å². The number of hydrogen-bond donors (Lipinski definition) is 0. The summed E-state index contributed by atoms with van der Waals surface area (Å²) in [6.45, 7) is 1.02. The van der Waals surface area contributed by atoms with E-state index in [9.17, 15) is 9.59 Å². The van der Waals surface area contributed by atoms with E-state index in [4.69, 9.17) is 14.2 Å². The molecule has 1 heterocycles. The van der Waals surface area contributed by atoms with Crippen molar-refractivity contribution in [2.75, 3.05) is 34.4 Å². The second kappa shape index (κ2) is 8.78. The molecule has 0 aliphatic carbocycles. The molecule has 0 aromatic heterocycles. The van der Waals surface area contributed by atoms with Gasteiger partial charge in [-0.1, -0.05) is 12.1 Å². The maximum absolute atomic E-state index is 13.0. The van der Waals surface area contributed by atoms with Gasteiger partial charge in [-0.3, -0.25) is 9.59 Å². The van der Waals surface area contributed by atoms with Gasteiger partial charge in [0.05, 0.1) is 26.9 Å². The molecule has 6 nitrogen and oxygen atoms in total. The van der Waals surface area contributed by atoms with Gasteiger partial charge in [-0.25, -0.2) is 0 Å². The van der Waals surface area contributed by atoms with Crippen LogP contribution in [0.4, 0.5) is 0 Å². The Bertz CT molecular complexity index is 864. The van der Waals surface area contributed by atoms with E-state index in [1.807, 2.05) is 12.1 Å². The first-order chi connectivity index (χ1) is 13.6. The SMILES string of the molecule is COc1ccc(C(=O)N2CCC[C@H](C(=O)c3ccccc3OC)C2)cc1OC. The maximum Gasteiger partial charge on any atom is 0.254 e. The molecule has 0 spiro atoms. The smallest absolute Gasteiger partial charge is 0.254 e. The zero-order chi connectivity index (χ0) is 20.1. The van der Waals surface area contributed by atoms with Crippen LogP contribution in [0.15, 0.2) is 42.5 Å². The molecule has 1 fully saturated rings. The van der Waals surface area contributed by atoms with Gasteiger partial charge < -0.3 is 19.1 Å². The van der Waals surface area contributed by atoms with Crippen LogP contribution in [0.3, 0.4) is 0 Å². The first kappa shape index (κ1) is 19.7. The van der Waals surface area contributed by atoms with E-state index in [2.05, 4.69) is 0 Å². The van der Waals surface area contributed by atoms with Gasteiger partial charge >= 0.3 is 0 Å². The molecular formula is C22H25NO5. The summed E-state index contributed by atoms with van der Waals surface area (Å²) in [7, 11) is 4.65. The van der Waals surface area contributed by atoms with E-state index in [1.54, 1.807) is 49.5 Å². The number of hydrogen-bond acceptors (Lipinski definition) is 5. The minimum atomic E-state index is -0.242. The normalized spacial score (nSPS) is 16.4. The Labute approximate surface area is 165 Å². The first-order valence-corrected chi connectivity index (χ1v) is 9.27. The van der Waals surface area contributed by atoms with Crippen molar-refractivity contribution in [3.8, 4) is 17.2 Å². The van der Waals surface area contributed by atoms with Crippen molar-refractivity contribution in [1.82, 2.24) is 4.90 Å². The fourth-order valence-electron chi connectivity index (χ4n) is 3.60. The number of ether oxygens (including phenoxy) is 3. The van der Waals surface area contributed by atoms with Crippen LogP contribution in [0.25, 0.3) is 0 Å². The van der Waals surface area contributed by atoms with Gasteiger partial charge in [0, 0.05) is 24.6 Å². The zero-order valence-corrected chi connectivity index (χ0v) is 16.4. The molecule has 2 aromatic rings. The van der Waals surface area contributed by atoms with Crippen LogP contribution >= 0.6 is 0 Å². The van der Waals surface area contributed by atoms with E-state index in [0.29, 0.717) is 41.5 Å². The monoisotopic (exact) mass is 383 g/mol. The van der Waals surface area contributed by atoms with Crippen molar-refractivity contribution >= 4 is 11.7 Å². The average Bonchev–Trinajstić information content (AvgIpc) is 2.77. The lowest BCUT2D eigenvalue weighted by molar-refractivity contribution is 0.0636. The molecule has 28 heavy (non-hydrogen) atoms. The van der Waals surface area contributed by atoms with E-state index in [1.165, 1.54) is 7.11 Å². The van der Waals surface area contributed by atoms with Crippen molar-refractivity contribution in [1.29, 1.82) is 0 Å². The van der Waals surface area contributed by atoms with Gasteiger partial charge in [-0.15, -0.1) is 0 Å². The second-order valence-electron chi connectivity index (χ2n) is 6.72. The van der Waals surface area contributed by atoms with Crippen molar-refractivity contribution in [3.05, 3.63) is 53.6 Å². The summed E-state index contributed by atoms with van der Waals surface area (Å²) in [5.74, 6) is 1.31. The standard InChI is InChI=1S/C22H25NO5/c1-26-18-9-5-4-8-17(18)21(24)16-7-6-12-23(14-16)22(25)15-10-11-19(27-2)20(13-15)28-3/h4-5,8-11,13,16H,6-7,12,14H2,1-3H3/t16-/m0/s1. The highest BCUT2D eigenvalue weighted by atomic mass is 16.5.